The number of benzene rings is 3. The van der Waals surface area contributed by atoms with Crippen LogP contribution in [0, 0.1) is 10.1 Å². The number of rotatable bonds is 8. The summed E-state index contributed by atoms with van der Waals surface area (Å²) in [6, 6.07) is 14.4. The van der Waals surface area contributed by atoms with E-state index in [-0.39, 0.29) is 45.8 Å². The Morgan fingerprint density at radius 2 is 1.35 bits per heavy atom. The van der Waals surface area contributed by atoms with Gasteiger partial charge in [-0.15, -0.1) is 0 Å². The van der Waals surface area contributed by atoms with Gasteiger partial charge in [0.15, 0.2) is 12.4 Å². The van der Waals surface area contributed by atoms with Crippen molar-refractivity contribution in [3.63, 3.8) is 0 Å². The van der Waals surface area contributed by atoms with Crippen LogP contribution in [0.4, 0.5) is 11.4 Å². The van der Waals surface area contributed by atoms with Crippen molar-refractivity contribution in [3.8, 4) is 0 Å². The lowest BCUT2D eigenvalue weighted by atomic mass is 10.1. The van der Waals surface area contributed by atoms with Crippen LogP contribution in [0.3, 0.4) is 0 Å². The highest BCUT2D eigenvalue weighted by molar-refractivity contribution is 6.34. The summed E-state index contributed by atoms with van der Waals surface area (Å²) in [6.07, 6.45) is 0. The Balaban J connectivity index is 1.46. The number of esters is 2. The molecule has 0 fully saturated rings. The predicted molar refractivity (Wildman–Crippen MR) is 128 cm³/mol. The van der Waals surface area contributed by atoms with Crippen molar-refractivity contribution in [1.82, 2.24) is 0 Å². The molecule has 0 saturated heterocycles. The maximum absolute atomic E-state index is 13.0. The molecule has 4 rings (SSSR count). The molecule has 1 aliphatic heterocycles. The van der Waals surface area contributed by atoms with Crippen LogP contribution in [0.5, 0.6) is 0 Å². The molecule has 0 aromatic heterocycles. The molecule has 1 heterocycles. The molecule has 0 atom stereocenters. The molecule has 0 aliphatic carbocycles. The van der Waals surface area contributed by atoms with Crippen LogP contribution in [-0.4, -0.2) is 47.7 Å². The van der Waals surface area contributed by atoms with Crippen LogP contribution in [0.15, 0.2) is 66.7 Å². The quantitative estimate of drug-likeness (QED) is 0.148. The number of Topliss-reactive ketones (excluding diaryl/α,β-unsaturated/α-hetero) is 1. The average molecular weight is 502 g/mol. The molecule has 11 heteroatoms. The summed E-state index contributed by atoms with van der Waals surface area (Å²) in [5.41, 5.74) is 0.449. The fourth-order valence-corrected chi connectivity index (χ4v) is 3.63. The molecule has 3 aromatic carbocycles. The summed E-state index contributed by atoms with van der Waals surface area (Å²) in [4.78, 5) is 73.5. The Morgan fingerprint density at radius 1 is 0.784 bits per heavy atom. The Labute approximate surface area is 209 Å². The van der Waals surface area contributed by atoms with E-state index >= 15 is 0 Å². The molecule has 0 radical (unpaired) electrons. The highest BCUT2D eigenvalue weighted by atomic mass is 16.6. The molecule has 0 spiro atoms. The number of carbonyl (C=O) groups is 5. The lowest BCUT2D eigenvalue weighted by molar-refractivity contribution is -0.384. The van der Waals surface area contributed by atoms with Crippen molar-refractivity contribution in [2.45, 2.75) is 6.92 Å². The number of hydrogen-bond donors (Lipinski definition) is 0. The van der Waals surface area contributed by atoms with Gasteiger partial charge in [-0.3, -0.25) is 24.5 Å². The van der Waals surface area contributed by atoms with E-state index in [9.17, 15) is 34.1 Å². The fourth-order valence-electron chi connectivity index (χ4n) is 3.63. The van der Waals surface area contributed by atoms with Gasteiger partial charge in [0.05, 0.1) is 39.5 Å². The Morgan fingerprint density at radius 3 is 1.97 bits per heavy atom. The minimum absolute atomic E-state index is 0.0179. The van der Waals surface area contributed by atoms with Gasteiger partial charge in [-0.25, -0.2) is 14.5 Å². The Kier molecular flexibility index (Phi) is 6.87. The van der Waals surface area contributed by atoms with Gasteiger partial charge in [0.25, 0.3) is 17.5 Å². The number of non-ortho nitro benzene ring substituents is 1. The van der Waals surface area contributed by atoms with Crippen LogP contribution in [0.2, 0.25) is 0 Å². The van der Waals surface area contributed by atoms with Crippen LogP contribution in [-0.2, 0) is 9.47 Å². The normalized spacial score (nSPS) is 12.2. The van der Waals surface area contributed by atoms with E-state index in [0.29, 0.717) is 0 Å². The first-order valence-electron chi connectivity index (χ1n) is 11.0. The SMILES string of the molecule is CCOC(=O)c1ccc(N2C(=O)c3ccc(C(=O)OCC(=O)c4ccc([N+](=O)[O-])cc4)cc3C2=O)cc1. The van der Waals surface area contributed by atoms with E-state index in [1.165, 1.54) is 54.6 Å². The van der Waals surface area contributed by atoms with Gasteiger partial charge in [-0.2, -0.15) is 0 Å². The third kappa shape index (κ3) is 4.96. The summed E-state index contributed by atoms with van der Waals surface area (Å²) in [5, 5.41) is 10.7. The highest BCUT2D eigenvalue weighted by Crippen LogP contribution is 2.29. The molecule has 37 heavy (non-hydrogen) atoms. The largest absolute Gasteiger partial charge is 0.462 e. The predicted octanol–water partition coefficient (Wildman–Crippen LogP) is 3.61. The Bertz CT molecular complexity index is 1440. The molecule has 1 aliphatic rings. The maximum atomic E-state index is 13.0. The smallest absolute Gasteiger partial charge is 0.338 e. The van der Waals surface area contributed by atoms with Gasteiger partial charge >= 0.3 is 11.9 Å². The van der Waals surface area contributed by atoms with Gasteiger partial charge < -0.3 is 9.47 Å². The minimum Gasteiger partial charge on any atom is -0.462 e. The molecule has 0 unspecified atom stereocenters. The number of anilines is 1. The number of ketones is 1. The number of hydrogen-bond acceptors (Lipinski definition) is 9. The van der Waals surface area contributed by atoms with Gasteiger partial charge in [0, 0.05) is 17.7 Å². The first-order chi connectivity index (χ1) is 17.7. The molecule has 0 bridgehead atoms. The van der Waals surface area contributed by atoms with Crippen LogP contribution in [0.25, 0.3) is 0 Å². The standard InChI is InChI=1S/C26H18N2O9/c1-2-36-25(32)16-5-8-18(9-6-16)27-23(30)20-12-7-17(13-21(20)24(27)31)26(33)37-14-22(29)15-3-10-19(11-4-15)28(34)35/h3-13H,2,14H2,1H3. The van der Waals surface area contributed by atoms with Gasteiger partial charge in [-0.1, -0.05) is 0 Å². The number of nitro groups is 1. The monoisotopic (exact) mass is 502 g/mol. The Hall–Kier alpha value is -5.19. The zero-order chi connectivity index (χ0) is 26.7. The summed E-state index contributed by atoms with van der Waals surface area (Å²) >= 11 is 0. The topological polar surface area (TPSA) is 150 Å². The molecule has 186 valence electrons. The van der Waals surface area contributed by atoms with Gasteiger partial charge in [0.1, 0.15) is 0 Å². The maximum Gasteiger partial charge on any atom is 0.338 e. The fraction of sp³-hybridized carbons (Fsp3) is 0.115. The lowest BCUT2D eigenvalue weighted by Crippen LogP contribution is -2.29. The number of fused-ring (bicyclic) bond motifs is 1. The zero-order valence-electron chi connectivity index (χ0n) is 19.3. The van der Waals surface area contributed by atoms with Crippen LogP contribution < -0.4 is 4.90 Å². The third-order valence-electron chi connectivity index (χ3n) is 5.49. The van der Waals surface area contributed by atoms with E-state index in [0.717, 1.165) is 17.0 Å². The van der Waals surface area contributed by atoms with E-state index < -0.39 is 41.1 Å². The number of nitrogens with zero attached hydrogens (tertiary/aromatic N) is 2. The third-order valence-corrected chi connectivity index (χ3v) is 5.49. The van der Waals surface area contributed by atoms with E-state index in [2.05, 4.69) is 0 Å². The lowest BCUT2D eigenvalue weighted by Gasteiger charge is -2.14. The summed E-state index contributed by atoms with van der Waals surface area (Å²) in [5.74, 6) is -3.27. The van der Waals surface area contributed by atoms with E-state index in [1.54, 1.807) is 6.92 Å². The van der Waals surface area contributed by atoms with Crippen molar-refractivity contribution < 1.29 is 38.4 Å². The summed E-state index contributed by atoms with van der Waals surface area (Å²) in [7, 11) is 0. The van der Waals surface area contributed by atoms with Crippen molar-refractivity contribution in [1.29, 1.82) is 0 Å². The molecule has 0 N–H and O–H groups in total. The summed E-state index contributed by atoms with van der Waals surface area (Å²) in [6.45, 7) is 1.25. The number of nitro benzene ring substituents is 1. The van der Waals surface area contributed by atoms with Crippen molar-refractivity contribution in [3.05, 3.63) is 105 Å². The molecular weight excluding hydrogens is 484 g/mol. The minimum atomic E-state index is -0.893. The highest BCUT2D eigenvalue weighted by Gasteiger charge is 2.37. The molecule has 0 saturated carbocycles. The van der Waals surface area contributed by atoms with Crippen LogP contribution in [0.1, 0.15) is 58.7 Å². The first kappa shape index (κ1) is 24.9. The van der Waals surface area contributed by atoms with Crippen molar-refractivity contribution >= 4 is 40.9 Å². The number of ether oxygens (including phenoxy) is 2. The van der Waals surface area contributed by atoms with E-state index in [4.69, 9.17) is 9.47 Å². The molecule has 3 aromatic rings. The van der Waals surface area contributed by atoms with Gasteiger partial charge in [0.2, 0.25) is 0 Å². The average Bonchev–Trinajstić information content (AvgIpc) is 3.16. The molecular formula is C26H18N2O9. The second-order valence-electron chi connectivity index (χ2n) is 7.78. The van der Waals surface area contributed by atoms with Crippen LogP contribution >= 0.6 is 0 Å². The molecule has 2 amide bonds. The number of carbonyl (C=O) groups excluding carboxylic acids is 5. The zero-order valence-corrected chi connectivity index (χ0v) is 19.3. The first-order valence-corrected chi connectivity index (χ1v) is 11.0. The van der Waals surface area contributed by atoms with Crippen molar-refractivity contribution in [2.24, 2.45) is 0 Å². The van der Waals surface area contributed by atoms with Crippen molar-refractivity contribution in [2.75, 3.05) is 18.1 Å². The summed E-state index contributed by atoms with van der Waals surface area (Å²) < 4.78 is 9.95. The van der Waals surface area contributed by atoms with Gasteiger partial charge in [-0.05, 0) is 61.5 Å². The molecule has 11 nitrogen and oxygen atoms in total. The van der Waals surface area contributed by atoms with E-state index in [1.807, 2.05) is 0 Å². The number of imide groups is 1. The number of amides is 2. The second kappa shape index (κ2) is 10.2. The second-order valence-corrected chi connectivity index (χ2v) is 7.78.